The van der Waals surface area contributed by atoms with E-state index in [4.69, 9.17) is 27.9 Å². The van der Waals surface area contributed by atoms with Crippen LogP contribution in [0, 0.1) is 0 Å². The normalized spacial score (nSPS) is 10.0. The third-order valence-corrected chi connectivity index (χ3v) is 1.94. The van der Waals surface area contributed by atoms with Crippen LogP contribution >= 0.6 is 23.2 Å². The second-order valence-corrected chi connectivity index (χ2v) is 2.99. The fourth-order valence-corrected chi connectivity index (χ4v) is 0.875. The summed E-state index contributed by atoms with van der Waals surface area (Å²) in [5.41, 5.74) is 0. The van der Waals surface area contributed by atoms with E-state index in [-0.39, 0.29) is 23.3 Å². The minimum Gasteiger partial charge on any atom is -0.381 e. The lowest BCUT2D eigenvalue weighted by Crippen LogP contribution is -2.09. The van der Waals surface area contributed by atoms with E-state index in [0.717, 1.165) is 0 Å². The Balaban J connectivity index is 3.17. The summed E-state index contributed by atoms with van der Waals surface area (Å²) in [6.45, 7) is 0.641. The van der Waals surface area contributed by atoms with Crippen LogP contribution in [0.1, 0.15) is 12.8 Å². The number of hydrogen-bond donors (Lipinski definition) is 0. The summed E-state index contributed by atoms with van der Waals surface area (Å²) in [7, 11) is 0. The SMILES string of the molecule is O=C(CCl)CCOCCC(=O)CCl. The topological polar surface area (TPSA) is 43.4 Å². The quantitative estimate of drug-likeness (QED) is 0.465. The number of Topliss-reactive ketones (excluding diaryl/α,β-unsaturated/α-hetero) is 2. The van der Waals surface area contributed by atoms with Crippen LogP contribution in [0.2, 0.25) is 0 Å². The zero-order valence-electron chi connectivity index (χ0n) is 7.22. The van der Waals surface area contributed by atoms with Gasteiger partial charge in [-0.25, -0.2) is 0 Å². The number of carbonyl (C=O) groups excluding carboxylic acids is 2. The largest absolute Gasteiger partial charge is 0.381 e. The lowest BCUT2D eigenvalue weighted by molar-refractivity contribution is -0.118. The van der Waals surface area contributed by atoms with Crippen molar-refractivity contribution in [2.24, 2.45) is 0 Å². The number of carbonyl (C=O) groups is 2. The van der Waals surface area contributed by atoms with Gasteiger partial charge in [-0.15, -0.1) is 23.2 Å². The number of halogens is 2. The van der Waals surface area contributed by atoms with Crippen LogP contribution in [-0.2, 0) is 14.3 Å². The Labute approximate surface area is 87.3 Å². The second-order valence-electron chi connectivity index (χ2n) is 2.46. The summed E-state index contributed by atoms with van der Waals surface area (Å²) < 4.78 is 5.02. The molecule has 0 N–H and O–H groups in total. The molecule has 0 aromatic carbocycles. The molecule has 0 bridgehead atoms. The molecule has 0 heterocycles. The first kappa shape index (κ1) is 12.9. The molecular formula is C8H12Cl2O3. The molecule has 0 aromatic heterocycles. The molecule has 0 saturated heterocycles. The van der Waals surface area contributed by atoms with Gasteiger partial charge in [-0.1, -0.05) is 0 Å². The van der Waals surface area contributed by atoms with Crippen LogP contribution < -0.4 is 0 Å². The average Bonchev–Trinajstić information content (AvgIpc) is 2.16. The van der Waals surface area contributed by atoms with Crippen LogP contribution in [0.25, 0.3) is 0 Å². The predicted molar refractivity (Wildman–Crippen MR) is 51.5 cm³/mol. The summed E-state index contributed by atoms with van der Waals surface area (Å²) in [6.07, 6.45) is 0.608. The van der Waals surface area contributed by atoms with E-state index in [1.165, 1.54) is 0 Å². The number of hydrogen-bond acceptors (Lipinski definition) is 3. The lowest BCUT2D eigenvalue weighted by atomic mass is 10.3. The third kappa shape index (κ3) is 8.22. The molecular weight excluding hydrogens is 215 g/mol. The van der Waals surface area contributed by atoms with Crippen molar-refractivity contribution in [1.29, 1.82) is 0 Å². The van der Waals surface area contributed by atoms with Gasteiger partial charge in [0.05, 0.1) is 25.0 Å². The monoisotopic (exact) mass is 226 g/mol. The van der Waals surface area contributed by atoms with Gasteiger partial charge in [-0.3, -0.25) is 9.59 Å². The molecule has 5 heteroatoms. The van der Waals surface area contributed by atoms with E-state index < -0.39 is 0 Å². The molecule has 13 heavy (non-hydrogen) atoms. The van der Waals surface area contributed by atoms with Gasteiger partial charge >= 0.3 is 0 Å². The Morgan fingerprint density at radius 2 is 1.31 bits per heavy atom. The Morgan fingerprint density at radius 3 is 1.62 bits per heavy atom. The van der Waals surface area contributed by atoms with Gasteiger partial charge in [0.1, 0.15) is 11.6 Å². The van der Waals surface area contributed by atoms with Gasteiger partial charge in [0.25, 0.3) is 0 Å². The molecule has 0 unspecified atom stereocenters. The fourth-order valence-electron chi connectivity index (χ4n) is 0.608. The molecule has 3 nitrogen and oxygen atoms in total. The van der Waals surface area contributed by atoms with E-state index >= 15 is 0 Å². The minimum absolute atomic E-state index is 0.0178. The van der Waals surface area contributed by atoms with E-state index in [1.807, 2.05) is 0 Å². The summed E-state index contributed by atoms with van der Waals surface area (Å²) in [5.74, 6) is -0.0656. The van der Waals surface area contributed by atoms with E-state index in [0.29, 0.717) is 26.1 Å². The first-order chi connectivity index (χ1) is 6.20. The molecule has 76 valence electrons. The van der Waals surface area contributed by atoms with Gasteiger partial charge in [0, 0.05) is 12.8 Å². The van der Waals surface area contributed by atoms with Crippen molar-refractivity contribution in [2.45, 2.75) is 12.8 Å². The van der Waals surface area contributed by atoms with E-state index in [1.54, 1.807) is 0 Å². The van der Waals surface area contributed by atoms with Gasteiger partial charge in [0.2, 0.25) is 0 Å². The maximum absolute atomic E-state index is 10.7. The second kappa shape index (κ2) is 8.48. The summed E-state index contributed by atoms with van der Waals surface area (Å²) >= 11 is 10.5. The molecule has 0 aliphatic rings. The van der Waals surface area contributed by atoms with Crippen molar-refractivity contribution in [3.05, 3.63) is 0 Å². The zero-order chi connectivity index (χ0) is 10.1. The molecule has 0 aliphatic carbocycles. The Kier molecular flexibility index (Phi) is 8.40. The molecule has 0 aliphatic heterocycles. The zero-order valence-corrected chi connectivity index (χ0v) is 8.74. The molecule has 0 aromatic rings. The number of rotatable bonds is 8. The smallest absolute Gasteiger partial charge is 0.149 e. The standard InChI is InChI=1S/C8H12Cl2O3/c9-5-7(11)1-3-13-4-2-8(12)6-10/h1-6H2. The molecule has 0 atom stereocenters. The van der Waals surface area contributed by atoms with Gasteiger partial charge < -0.3 is 4.74 Å². The van der Waals surface area contributed by atoms with Crippen molar-refractivity contribution >= 4 is 34.8 Å². The molecule has 0 radical (unpaired) electrons. The van der Waals surface area contributed by atoms with Gasteiger partial charge in [-0.05, 0) is 0 Å². The van der Waals surface area contributed by atoms with Crippen LogP contribution in [0.15, 0.2) is 0 Å². The minimum atomic E-state index is -0.0506. The Morgan fingerprint density at radius 1 is 0.923 bits per heavy atom. The molecule has 0 spiro atoms. The molecule has 0 amide bonds. The first-order valence-electron chi connectivity index (χ1n) is 3.93. The summed E-state index contributed by atoms with van der Waals surface area (Å²) in [4.78, 5) is 21.3. The van der Waals surface area contributed by atoms with Crippen molar-refractivity contribution in [3.8, 4) is 0 Å². The Bertz CT molecular complexity index is 153. The maximum Gasteiger partial charge on any atom is 0.149 e. The van der Waals surface area contributed by atoms with Crippen molar-refractivity contribution in [1.82, 2.24) is 0 Å². The average molecular weight is 227 g/mol. The van der Waals surface area contributed by atoms with Crippen LogP contribution in [0.3, 0.4) is 0 Å². The van der Waals surface area contributed by atoms with Crippen LogP contribution in [-0.4, -0.2) is 36.5 Å². The van der Waals surface area contributed by atoms with Gasteiger partial charge in [-0.2, -0.15) is 0 Å². The highest BCUT2D eigenvalue weighted by molar-refractivity contribution is 6.27. The fraction of sp³-hybridized carbons (Fsp3) is 0.750. The van der Waals surface area contributed by atoms with Crippen LogP contribution in [0.5, 0.6) is 0 Å². The number of ketones is 2. The molecule has 0 rings (SSSR count). The number of alkyl halides is 2. The van der Waals surface area contributed by atoms with E-state index in [9.17, 15) is 9.59 Å². The highest BCUT2D eigenvalue weighted by Gasteiger charge is 2.01. The van der Waals surface area contributed by atoms with Crippen molar-refractivity contribution in [3.63, 3.8) is 0 Å². The lowest BCUT2D eigenvalue weighted by Gasteiger charge is -2.00. The van der Waals surface area contributed by atoms with Crippen LogP contribution in [0.4, 0.5) is 0 Å². The highest BCUT2D eigenvalue weighted by atomic mass is 35.5. The summed E-state index contributed by atoms with van der Waals surface area (Å²) in [6, 6.07) is 0. The maximum atomic E-state index is 10.7. The first-order valence-corrected chi connectivity index (χ1v) is 5.00. The molecule has 0 fully saturated rings. The van der Waals surface area contributed by atoms with Crippen molar-refractivity contribution < 1.29 is 14.3 Å². The third-order valence-electron chi connectivity index (χ3n) is 1.35. The van der Waals surface area contributed by atoms with Gasteiger partial charge in [0.15, 0.2) is 0 Å². The van der Waals surface area contributed by atoms with Crippen molar-refractivity contribution in [2.75, 3.05) is 25.0 Å². The Hall–Kier alpha value is -0.120. The predicted octanol–water partition coefficient (Wildman–Crippen LogP) is 1.40. The van der Waals surface area contributed by atoms with E-state index in [2.05, 4.69) is 0 Å². The molecule has 0 saturated carbocycles. The summed E-state index contributed by atoms with van der Waals surface area (Å²) in [5, 5.41) is 0. The number of ether oxygens (including phenoxy) is 1. The highest BCUT2D eigenvalue weighted by Crippen LogP contribution is 1.92.